The molecule has 1 aromatic carbocycles. The van der Waals surface area contributed by atoms with Crippen LogP contribution in [0.1, 0.15) is 0 Å². The Morgan fingerprint density at radius 2 is 2.18 bits per heavy atom. The second-order valence-electron chi connectivity index (χ2n) is 3.13. The number of carbonyl (C=O) groups is 1. The van der Waals surface area contributed by atoms with Gasteiger partial charge in [0.25, 0.3) is 0 Å². The molecule has 2 N–H and O–H groups in total. The number of nitrogens with zero attached hydrogens (tertiary/aromatic N) is 2. The molecule has 2 rings (SSSR count). The largest absolute Gasteiger partial charge is 0.480 e. The van der Waals surface area contributed by atoms with E-state index in [2.05, 4.69) is 31.2 Å². The van der Waals surface area contributed by atoms with E-state index in [9.17, 15) is 4.79 Å². The highest BCUT2D eigenvalue weighted by atomic mass is 79.9. The zero-order valence-electron chi connectivity index (χ0n) is 8.55. The molecule has 2 aromatic rings. The van der Waals surface area contributed by atoms with Crippen LogP contribution in [0.5, 0.6) is 0 Å². The van der Waals surface area contributed by atoms with E-state index in [-0.39, 0.29) is 19.0 Å². The topological polar surface area (TPSA) is 75.1 Å². The van der Waals surface area contributed by atoms with Gasteiger partial charge in [-0.15, -0.1) is 12.4 Å². The van der Waals surface area contributed by atoms with E-state index in [0.717, 1.165) is 15.4 Å². The summed E-state index contributed by atoms with van der Waals surface area (Å²) in [5, 5.41) is 12.1. The van der Waals surface area contributed by atoms with Crippen molar-refractivity contribution in [3.63, 3.8) is 0 Å². The highest BCUT2D eigenvalue weighted by molar-refractivity contribution is 9.10. The minimum absolute atomic E-state index is 0. The first kappa shape index (κ1) is 13.7. The number of halogens is 2. The van der Waals surface area contributed by atoms with Gasteiger partial charge in [-0.25, -0.2) is 9.97 Å². The van der Waals surface area contributed by atoms with Gasteiger partial charge in [-0.05, 0) is 18.2 Å². The molecule has 0 amide bonds. The number of rotatable bonds is 3. The third-order valence-corrected chi connectivity index (χ3v) is 2.50. The molecule has 0 aliphatic heterocycles. The van der Waals surface area contributed by atoms with E-state index in [4.69, 9.17) is 5.11 Å². The maximum Gasteiger partial charge on any atom is 0.322 e. The third kappa shape index (κ3) is 3.28. The van der Waals surface area contributed by atoms with E-state index in [1.807, 2.05) is 18.2 Å². The molecule has 1 aromatic heterocycles. The molecular formula is C10H9BrClN3O2. The number of aromatic nitrogens is 2. The molecular weight excluding hydrogens is 309 g/mol. The lowest BCUT2D eigenvalue weighted by atomic mass is 10.2. The van der Waals surface area contributed by atoms with Crippen molar-refractivity contribution in [1.29, 1.82) is 0 Å². The van der Waals surface area contributed by atoms with Crippen LogP contribution in [-0.4, -0.2) is 27.6 Å². The summed E-state index contributed by atoms with van der Waals surface area (Å²) >= 11 is 3.35. The zero-order chi connectivity index (χ0) is 11.5. The van der Waals surface area contributed by atoms with E-state index < -0.39 is 5.97 Å². The van der Waals surface area contributed by atoms with Crippen molar-refractivity contribution in [2.75, 3.05) is 11.9 Å². The van der Waals surface area contributed by atoms with Gasteiger partial charge in [0.15, 0.2) is 0 Å². The maximum atomic E-state index is 10.5. The molecule has 0 spiro atoms. The highest BCUT2D eigenvalue weighted by Gasteiger charge is 2.05. The Kier molecular flexibility index (Phi) is 4.65. The number of aliphatic carboxylic acids is 1. The van der Waals surface area contributed by atoms with Crippen molar-refractivity contribution >= 4 is 51.0 Å². The summed E-state index contributed by atoms with van der Waals surface area (Å²) in [6, 6.07) is 5.56. The van der Waals surface area contributed by atoms with E-state index in [1.165, 1.54) is 6.33 Å². The number of hydrogen-bond donors (Lipinski definition) is 2. The number of nitrogens with one attached hydrogen (secondary N) is 1. The van der Waals surface area contributed by atoms with Crippen LogP contribution >= 0.6 is 28.3 Å². The van der Waals surface area contributed by atoms with Gasteiger partial charge in [0.1, 0.15) is 18.7 Å². The smallest absolute Gasteiger partial charge is 0.322 e. The van der Waals surface area contributed by atoms with Crippen LogP contribution in [-0.2, 0) is 4.79 Å². The fraction of sp³-hybridized carbons (Fsp3) is 0.100. The standard InChI is InChI=1S/C10H8BrN3O2.ClH/c11-6-1-2-8-7(3-6)10(14-5-13-8)12-4-9(15)16;/h1-3,5H,4H2,(H,15,16)(H,12,13,14);1H. The van der Waals surface area contributed by atoms with E-state index in [0.29, 0.717) is 5.82 Å². The van der Waals surface area contributed by atoms with Crippen molar-refractivity contribution in [2.24, 2.45) is 0 Å². The number of fused-ring (bicyclic) bond motifs is 1. The summed E-state index contributed by atoms with van der Waals surface area (Å²) < 4.78 is 0.896. The molecule has 5 nitrogen and oxygen atoms in total. The summed E-state index contributed by atoms with van der Waals surface area (Å²) in [5.41, 5.74) is 0.770. The molecule has 0 aliphatic carbocycles. The van der Waals surface area contributed by atoms with Crippen molar-refractivity contribution in [2.45, 2.75) is 0 Å². The third-order valence-electron chi connectivity index (χ3n) is 2.00. The minimum atomic E-state index is -0.929. The second-order valence-corrected chi connectivity index (χ2v) is 4.05. The average molecular weight is 319 g/mol. The van der Waals surface area contributed by atoms with Crippen molar-refractivity contribution < 1.29 is 9.90 Å². The minimum Gasteiger partial charge on any atom is -0.480 e. The summed E-state index contributed by atoms with van der Waals surface area (Å²) in [6.07, 6.45) is 1.40. The Balaban J connectivity index is 0.00000144. The Morgan fingerprint density at radius 1 is 1.41 bits per heavy atom. The average Bonchev–Trinajstić information content (AvgIpc) is 2.26. The van der Waals surface area contributed by atoms with Crippen LogP contribution in [0, 0.1) is 0 Å². The second kappa shape index (κ2) is 5.79. The van der Waals surface area contributed by atoms with Crippen LogP contribution in [0.3, 0.4) is 0 Å². The molecule has 0 saturated carbocycles. The quantitative estimate of drug-likeness (QED) is 0.908. The first-order valence-electron chi connectivity index (χ1n) is 4.53. The monoisotopic (exact) mass is 317 g/mol. The van der Waals surface area contributed by atoms with Crippen molar-refractivity contribution in [1.82, 2.24) is 9.97 Å². The number of benzene rings is 1. The van der Waals surface area contributed by atoms with Gasteiger partial charge in [-0.2, -0.15) is 0 Å². The molecule has 0 saturated heterocycles. The van der Waals surface area contributed by atoms with Gasteiger partial charge in [0.2, 0.25) is 0 Å². The maximum absolute atomic E-state index is 10.5. The Morgan fingerprint density at radius 3 is 2.88 bits per heavy atom. The number of carboxylic acid groups (broad SMARTS) is 1. The normalized spacial score (nSPS) is 9.71. The van der Waals surface area contributed by atoms with Crippen LogP contribution < -0.4 is 5.32 Å². The van der Waals surface area contributed by atoms with Gasteiger partial charge in [-0.3, -0.25) is 4.79 Å². The molecule has 0 aliphatic rings. The molecule has 90 valence electrons. The fourth-order valence-corrected chi connectivity index (χ4v) is 1.69. The Labute approximate surface area is 112 Å². The van der Waals surface area contributed by atoms with Gasteiger partial charge in [-0.1, -0.05) is 15.9 Å². The first-order chi connectivity index (χ1) is 7.66. The lowest BCUT2D eigenvalue weighted by Crippen LogP contribution is -2.13. The van der Waals surface area contributed by atoms with Crippen LogP contribution in [0.4, 0.5) is 5.82 Å². The molecule has 0 fully saturated rings. The Bertz CT molecular complexity index is 550. The van der Waals surface area contributed by atoms with Crippen LogP contribution in [0.15, 0.2) is 29.0 Å². The molecule has 0 bridgehead atoms. The molecule has 0 radical (unpaired) electrons. The van der Waals surface area contributed by atoms with Crippen molar-refractivity contribution in [3.8, 4) is 0 Å². The molecule has 1 heterocycles. The highest BCUT2D eigenvalue weighted by Crippen LogP contribution is 2.22. The van der Waals surface area contributed by atoms with Crippen LogP contribution in [0.25, 0.3) is 10.9 Å². The number of carboxylic acids is 1. The number of hydrogen-bond acceptors (Lipinski definition) is 4. The summed E-state index contributed by atoms with van der Waals surface area (Å²) in [7, 11) is 0. The Hall–Kier alpha value is -1.40. The predicted octanol–water partition coefficient (Wildman–Crippen LogP) is 2.31. The zero-order valence-corrected chi connectivity index (χ0v) is 11.0. The van der Waals surface area contributed by atoms with E-state index in [1.54, 1.807) is 0 Å². The van der Waals surface area contributed by atoms with Crippen LogP contribution in [0.2, 0.25) is 0 Å². The van der Waals surface area contributed by atoms with Gasteiger partial charge >= 0.3 is 5.97 Å². The molecule has 17 heavy (non-hydrogen) atoms. The van der Waals surface area contributed by atoms with Gasteiger partial charge in [0.05, 0.1) is 5.52 Å². The van der Waals surface area contributed by atoms with E-state index >= 15 is 0 Å². The summed E-state index contributed by atoms with van der Waals surface area (Å²) in [5.74, 6) is -0.407. The number of anilines is 1. The molecule has 0 atom stereocenters. The molecule has 0 unspecified atom stereocenters. The SMILES string of the molecule is Cl.O=C(O)CNc1ncnc2ccc(Br)cc12. The van der Waals surface area contributed by atoms with Crippen molar-refractivity contribution in [3.05, 3.63) is 29.0 Å². The van der Waals surface area contributed by atoms with Gasteiger partial charge in [0, 0.05) is 9.86 Å². The molecule has 7 heteroatoms. The summed E-state index contributed by atoms with van der Waals surface area (Å²) in [6.45, 7) is -0.168. The van der Waals surface area contributed by atoms with Gasteiger partial charge < -0.3 is 10.4 Å². The summed E-state index contributed by atoms with van der Waals surface area (Å²) in [4.78, 5) is 18.6. The lowest BCUT2D eigenvalue weighted by Gasteiger charge is -2.06. The lowest BCUT2D eigenvalue weighted by molar-refractivity contribution is -0.134. The predicted molar refractivity (Wildman–Crippen MR) is 70.6 cm³/mol. The first-order valence-corrected chi connectivity index (χ1v) is 5.32. The fourth-order valence-electron chi connectivity index (χ4n) is 1.33.